The molecule has 1 aromatic carbocycles. The number of carbonyl (C=O) groups is 1. The number of hydrogen-bond donors (Lipinski definition) is 2. The van der Waals surface area contributed by atoms with Gasteiger partial charge in [0, 0.05) is 0 Å². The first-order valence-electron chi connectivity index (χ1n) is 6.17. The van der Waals surface area contributed by atoms with Crippen molar-refractivity contribution in [2.24, 2.45) is 5.73 Å². The Morgan fingerprint density at radius 3 is 2.48 bits per heavy atom. The number of alkyl halides is 3. The Hall–Kier alpha value is -2.06. The summed E-state index contributed by atoms with van der Waals surface area (Å²) in [5, 5.41) is 0.764. The van der Waals surface area contributed by atoms with Gasteiger partial charge in [0.25, 0.3) is 0 Å². The summed E-state index contributed by atoms with van der Waals surface area (Å²) >= 11 is 0. The first-order valence-corrected chi connectivity index (χ1v) is 6.17. The van der Waals surface area contributed by atoms with Crippen LogP contribution in [0.4, 0.5) is 13.2 Å². The number of nitrogens with one attached hydrogen (secondary N) is 1. The van der Waals surface area contributed by atoms with E-state index in [9.17, 15) is 18.0 Å². The topological polar surface area (TPSA) is 67.6 Å². The molecule has 0 aliphatic carbocycles. The average Bonchev–Trinajstić information content (AvgIpc) is 2.81. The molecule has 1 aliphatic heterocycles. The quantitative estimate of drug-likeness (QED) is 0.886. The van der Waals surface area contributed by atoms with Crippen molar-refractivity contribution in [1.82, 2.24) is 10.6 Å². The van der Waals surface area contributed by atoms with Crippen LogP contribution in [0.1, 0.15) is 12.5 Å². The summed E-state index contributed by atoms with van der Waals surface area (Å²) in [4.78, 5) is 16.5. The van der Waals surface area contributed by atoms with Crippen molar-refractivity contribution < 1.29 is 22.8 Å². The molecule has 0 spiro atoms. The van der Waals surface area contributed by atoms with Crippen LogP contribution in [-0.2, 0) is 15.2 Å². The van der Waals surface area contributed by atoms with E-state index in [2.05, 4.69) is 5.43 Å². The van der Waals surface area contributed by atoms with E-state index in [4.69, 9.17) is 10.6 Å². The van der Waals surface area contributed by atoms with Crippen LogP contribution in [0.25, 0.3) is 0 Å². The molecule has 0 saturated heterocycles. The fourth-order valence-corrected chi connectivity index (χ4v) is 2.22. The van der Waals surface area contributed by atoms with Crippen LogP contribution >= 0.6 is 0 Å². The molecule has 1 atom stereocenters. The van der Waals surface area contributed by atoms with Gasteiger partial charge in [-0.1, -0.05) is 30.3 Å². The van der Waals surface area contributed by atoms with Crippen LogP contribution < -0.4 is 11.2 Å². The smallest absolute Gasteiger partial charge is 0.366 e. The Kier molecular flexibility index (Phi) is 3.93. The van der Waals surface area contributed by atoms with Gasteiger partial charge < -0.3 is 5.73 Å². The normalized spacial score (nSPS) is 22.3. The predicted molar refractivity (Wildman–Crippen MR) is 68.1 cm³/mol. The Bertz CT molecular complexity index is 560. The van der Waals surface area contributed by atoms with Crippen molar-refractivity contribution in [2.45, 2.75) is 18.6 Å². The van der Waals surface area contributed by atoms with Gasteiger partial charge in [0.2, 0.25) is 5.91 Å². The monoisotopic (exact) mass is 301 g/mol. The molecule has 114 valence electrons. The highest BCUT2D eigenvalue weighted by molar-refractivity contribution is 5.95. The van der Waals surface area contributed by atoms with Gasteiger partial charge in [-0.25, -0.2) is 0 Å². The highest BCUT2D eigenvalue weighted by Gasteiger charge is 2.63. The number of nitrogens with zero attached hydrogens (tertiary/aromatic N) is 1. The number of hydroxylamine groups is 1. The standard InChI is InChI=1S/C13H14F3N3O2/c1-2-21-19-8-10(11(17)20)12(18-19,13(14,15)16)9-6-4-3-5-7-9/h3-8,18H,2H2,1H3,(H2,17,20). The summed E-state index contributed by atoms with van der Waals surface area (Å²) in [7, 11) is 0. The second-order valence-electron chi connectivity index (χ2n) is 4.38. The van der Waals surface area contributed by atoms with Crippen LogP contribution in [-0.4, -0.2) is 23.9 Å². The maximum absolute atomic E-state index is 13.7. The van der Waals surface area contributed by atoms with Gasteiger partial charge >= 0.3 is 6.18 Å². The number of carbonyl (C=O) groups excluding carboxylic acids is 1. The molecule has 0 bridgehead atoms. The van der Waals surface area contributed by atoms with Gasteiger partial charge in [0.05, 0.1) is 18.4 Å². The second-order valence-corrected chi connectivity index (χ2v) is 4.38. The maximum atomic E-state index is 13.7. The fraction of sp³-hybridized carbons (Fsp3) is 0.308. The summed E-state index contributed by atoms with van der Waals surface area (Å²) in [6, 6.07) is 7.02. The van der Waals surface area contributed by atoms with E-state index in [1.807, 2.05) is 0 Å². The highest BCUT2D eigenvalue weighted by Crippen LogP contribution is 2.47. The molecule has 0 saturated carbocycles. The Morgan fingerprint density at radius 1 is 1.38 bits per heavy atom. The van der Waals surface area contributed by atoms with Crippen LogP contribution in [0.2, 0.25) is 0 Å². The highest BCUT2D eigenvalue weighted by atomic mass is 19.4. The summed E-state index contributed by atoms with van der Waals surface area (Å²) in [5.41, 5.74) is 3.82. The molecule has 1 heterocycles. The molecule has 1 aliphatic rings. The van der Waals surface area contributed by atoms with Gasteiger partial charge in [-0.2, -0.15) is 23.8 Å². The lowest BCUT2D eigenvalue weighted by Crippen LogP contribution is -2.57. The summed E-state index contributed by atoms with van der Waals surface area (Å²) < 4.78 is 41.2. The molecular formula is C13H14F3N3O2. The van der Waals surface area contributed by atoms with Gasteiger partial charge in [0.1, 0.15) is 0 Å². The number of hydrogen-bond acceptors (Lipinski definition) is 4. The molecule has 5 nitrogen and oxygen atoms in total. The van der Waals surface area contributed by atoms with Crippen molar-refractivity contribution in [3.05, 3.63) is 47.7 Å². The number of nitrogens with two attached hydrogens (primary N) is 1. The van der Waals surface area contributed by atoms with Crippen molar-refractivity contribution in [1.29, 1.82) is 0 Å². The third kappa shape index (κ3) is 2.47. The Balaban J connectivity index is 2.61. The average molecular weight is 301 g/mol. The lowest BCUT2D eigenvalue weighted by Gasteiger charge is -2.34. The Morgan fingerprint density at radius 2 is 2.00 bits per heavy atom. The van der Waals surface area contributed by atoms with Crippen molar-refractivity contribution >= 4 is 5.91 Å². The number of hydrazine groups is 1. The van der Waals surface area contributed by atoms with E-state index in [1.165, 1.54) is 24.3 Å². The number of benzene rings is 1. The number of amides is 1. The number of halogens is 3. The lowest BCUT2D eigenvalue weighted by atomic mass is 9.83. The van der Waals surface area contributed by atoms with Crippen molar-refractivity contribution in [3.8, 4) is 0 Å². The van der Waals surface area contributed by atoms with Crippen LogP contribution in [0.3, 0.4) is 0 Å². The lowest BCUT2D eigenvalue weighted by molar-refractivity contribution is -0.232. The molecule has 1 unspecified atom stereocenters. The fourth-order valence-electron chi connectivity index (χ4n) is 2.22. The molecule has 2 rings (SSSR count). The molecule has 0 radical (unpaired) electrons. The minimum absolute atomic E-state index is 0.123. The van der Waals surface area contributed by atoms with Gasteiger partial charge in [-0.05, 0) is 12.5 Å². The molecule has 3 N–H and O–H groups in total. The first-order chi connectivity index (χ1) is 9.83. The number of primary amides is 1. The third-order valence-electron chi connectivity index (χ3n) is 3.09. The molecular weight excluding hydrogens is 287 g/mol. The zero-order chi connectivity index (χ0) is 15.7. The van der Waals surface area contributed by atoms with Gasteiger partial charge in [0.15, 0.2) is 5.54 Å². The van der Waals surface area contributed by atoms with E-state index < -0.39 is 23.2 Å². The van der Waals surface area contributed by atoms with Gasteiger partial charge in [-0.3, -0.25) is 9.63 Å². The zero-order valence-corrected chi connectivity index (χ0v) is 11.1. The van der Waals surface area contributed by atoms with Gasteiger partial charge in [-0.15, -0.1) is 0 Å². The second kappa shape index (κ2) is 5.38. The van der Waals surface area contributed by atoms with E-state index in [-0.39, 0.29) is 12.2 Å². The maximum Gasteiger partial charge on any atom is 0.417 e. The largest absolute Gasteiger partial charge is 0.417 e. The van der Waals surface area contributed by atoms with Crippen LogP contribution in [0.5, 0.6) is 0 Å². The SMILES string of the molecule is CCON1C=C(C(N)=O)C(c2ccccc2)(C(F)(F)F)N1. The minimum atomic E-state index is -4.79. The molecule has 1 aromatic rings. The molecule has 0 fully saturated rings. The molecule has 1 amide bonds. The van der Waals surface area contributed by atoms with Crippen LogP contribution in [0, 0.1) is 0 Å². The molecule has 0 aromatic heterocycles. The summed E-state index contributed by atoms with van der Waals surface area (Å²) in [6.07, 6.45) is -3.87. The minimum Gasteiger partial charge on any atom is -0.366 e. The zero-order valence-electron chi connectivity index (χ0n) is 11.1. The first kappa shape index (κ1) is 15.3. The van der Waals surface area contributed by atoms with E-state index in [1.54, 1.807) is 13.0 Å². The Labute approximate surface area is 119 Å². The van der Waals surface area contributed by atoms with E-state index in [0.717, 1.165) is 11.4 Å². The van der Waals surface area contributed by atoms with E-state index >= 15 is 0 Å². The van der Waals surface area contributed by atoms with E-state index in [0.29, 0.717) is 0 Å². The summed E-state index contributed by atoms with van der Waals surface area (Å²) in [5.74, 6) is -1.18. The molecule has 8 heteroatoms. The molecule has 21 heavy (non-hydrogen) atoms. The summed E-state index contributed by atoms with van der Waals surface area (Å²) in [6.45, 7) is 1.73. The predicted octanol–water partition coefficient (Wildman–Crippen LogP) is 1.59. The third-order valence-corrected chi connectivity index (χ3v) is 3.09. The van der Waals surface area contributed by atoms with Crippen LogP contribution in [0.15, 0.2) is 42.1 Å². The number of rotatable bonds is 4. The van der Waals surface area contributed by atoms with Crippen molar-refractivity contribution in [3.63, 3.8) is 0 Å². The van der Waals surface area contributed by atoms with Crippen molar-refractivity contribution in [2.75, 3.05) is 6.61 Å².